The van der Waals surface area contributed by atoms with Gasteiger partial charge < -0.3 is 10.5 Å². The molecule has 1 heterocycles. The van der Waals surface area contributed by atoms with Gasteiger partial charge in [-0.25, -0.2) is 4.98 Å². The van der Waals surface area contributed by atoms with Crippen molar-refractivity contribution in [1.82, 2.24) is 9.97 Å². The highest BCUT2D eigenvalue weighted by Gasteiger charge is 2.08. The predicted octanol–water partition coefficient (Wildman–Crippen LogP) is 2.36. The Kier molecular flexibility index (Phi) is 3.82. The molecule has 2 rings (SSSR count). The van der Waals surface area contributed by atoms with E-state index in [1.165, 1.54) is 11.9 Å². The highest BCUT2D eigenvalue weighted by atomic mass is 32.2. The van der Waals surface area contributed by atoms with Crippen LogP contribution in [0.1, 0.15) is 5.56 Å². The molecule has 88 valence electrons. The zero-order valence-corrected chi connectivity index (χ0v) is 10.3. The minimum absolute atomic E-state index is 0.426. The van der Waals surface area contributed by atoms with Crippen molar-refractivity contribution >= 4 is 17.4 Å². The molecule has 0 aliphatic rings. The van der Waals surface area contributed by atoms with Gasteiger partial charge in [0.05, 0.1) is 7.11 Å². The van der Waals surface area contributed by atoms with E-state index >= 15 is 0 Å². The molecule has 0 amide bonds. The third-order valence-corrected chi connectivity index (χ3v) is 3.30. The van der Waals surface area contributed by atoms with Gasteiger partial charge in [0.15, 0.2) is 0 Å². The molecule has 0 unspecified atom stereocenters. The van der Waals surface area contributed by atoms with Crippen LogP contribution in [0.3, 0.4) is 0 Å². The van der Waals surface area contributed by atoms with Crippen LogP contribution >= 0.6 is 11.8 Å². The van der Waals surface area contributed by atoms with E-state index in [0.29, 0.717) is 11.6 Å². The number of benzene rings is 1. The van der Waals surface area contributed by atoms with Crippen molar-refractivity contribution in [2.24, 2.45) is 0 Å². The minimum atomic E-state index is 0.426. The number of ether oxygens (including phenoxy) is 1. The molecule has 2 aromatic rings. The fourth-order valence-corrected chi connectivity index (χ4v) is 2.23. The molecule has 0 atom stereocenters. The number of hydrogen-bond donors (Lipinski definition) is 1. The zero-order chi connectivity index (χ0) is 12.1. The number of thioether (sulfide) groups is 1. The van der Waals surface area contributed by atoms with Crippen LogP contribution in [0.4, 0.5) is 5.69 Å². The first-order chi connectivity index (χ1) is 8.31. The number of rotatable bonds is 4. The summed E-state index contributed by atoms with van der Waals surface area (Å²) in [6.07, 6.45) is 1.46. The first-order valence-corrected chi connectivity index (χ1v) is 6.11. The molecule has 2 N–H and O–H groups in total. The van der Waals surface area contributed by atoms with Crippen LogP contribution in [0.25, 0.3) is 0 Å². The summed E-state index contributed by atoms with van der Waals surface area (Å²) in [6, 6.07) is 10.2. The van der Waals surface area contributed by atoms with Crippen molar-refractivity contribution in [3.05, 3.63) is 42.2 Å². The number of nitrogens with two attached hydrogens (primary N) is 1. The van der Waals surface area contributed by atoms with E-state index in [2.05, 4.69) is 22.1 Å². The predicted molar refractivity (Wildman–Crippen MR) is 69.0 cm³/mol. The van der Waals surface area contributed by atoms with Crippen molar-refractivity contribution in [3.8, 4) is 5.88 Å². The third kappa shape index (κ3) is 2.88. The van der Waals surface area contributed by atoms with Crippen LogP contribution in [0.15, 0.2) is 41.7 Å². The van der Waals surface area contributed by atoms with Gasteiger partial charge in [-0.3, -0.25) is 0 Å². The van der Waals surface area contributed by atoms with E-state index in [1.54, 1.807) is 18.9 Å². The Morgan fingerprint density at radius 3 is 2.71 bits per heavy atom. The lowest BCUT2D eigenvalue weighted by atomic mass is 10.2. The lowest BCUT2D eigenvalue weighted by molar-refractivity contribution is 0.397. The normalized spacial score (nSPS) is 10.2. The minimum Gasteiger partial charge on any atom is -0.479 e. The van der Waals surface area contributed by atoms with Crippen molar-refractivity contribution in [2.45, 2.75) is 10.8 Å². The van der Waals surface area contributed by atoms with Crippen LogP contribution in [0.5, 0.6) is 5.88 Å². The number of hydrogen-bond acceptors (Lipinski definition) is 5. The van der Waals surface area contributed by atoms with Gasteiger partial charge in [0.1, 0.15) is 17.0 Å². The van der Waals surface area contributed by atoms with Crippen LogP contribution in [-0.4, -0.2) is 17.1 Å². The van der Waals surface area contributed by atoms with Crippen molar-refractivity contribution < 1.29 is 4.74 Å². The Bertz CT molecular complexity index is 490. The summed E-state index contributed by atoms with van der Waals surface area (Å²) in [6.45, 7) is 0. The molecule has 0 saturated heterocycles. The first kappa shape index (κ1) is 11.7. The van der Waals surface area contributed by atoms with Crippen LogP contribution < -0.4 is 10.5 Å². The Labute approximate surface area is 104 Å². The maximum absolute atomic E-state index is 5.89. The quantitative estimate of drug-likeness (QED) is 0.664. The topological polar surface area (TPSA) is 61.0 Å². The number of aromatic nitrogens is 2. The fraction of sp³-hybridized carbons (Fsp3) is 0.167. The molecule has 4 nitrogen and oxygen atoms in total. The summed E-state index contributed by atoms with van der Waals surface area (Å²) < 4.78 is 5.05. The molecule has 0 aliphatic carbocycles. The molecule has 1 aromatic heterocycles. The highest BCUT2D eigenvalue weighted by Crippen LogP contribution is 2.30. The fourth-order valence-electron chi connectivity index (χ4n) is 1.37. The van der Waals surface area contributed by atoms with E-state index in [9.17, 15) is 0 Å². The van der Waals surface area contributed by atoms with Gasteiger partial charge in [0.2, 0.25) is 5.88 Å². The monoisotopic (exact) mass is 247 g/mol. The molecular formula is C12H13N3OS. The van der Waals surface area contributed by atoms with Gasteiger partial charge in [0.25, 0.3) is 0 Å². The maximum Gasteiger partial charge on any atom is 0.241 e. The molecule has 1 aromatic carbocycles. The average Bonchev–Trinajstić information content (AvgIpc) is 2.39. The zero-order valence-electron chi connectivity index (χ0n) is 9.46. The van der Waals surface area contributed by atoms with Gasteiger partial charge >= 0.3 is 0 Å². The summed E-state index contributed by atoms with van der Waals surface area (Å²) in [5, 5.41) is 0.751. The summed E-state index contributed by atoms with van der Waals surface area (Å²) in [4.78, 5) is 8.09. The molecular weight excluding hydrogens is 234 g/mol. The largest absolute Gasteiger partial charge is 0.479 e. The molecule has 0 radical (unpaired) electrons. The van der Waals surface area contributed by atoms with Gasteiger partial charge in [-0.2, -0.15) is 4.98 Å². The summed E-state index contributed by atoms with van der Waals surface area (Å²) in [7, 11) is 1.55. The second-order valence-corrected chi connectivity index (χ2v) is 4.34. The Balaban J connectivity index is 2.09. The van der Waals surface area contributed by atoms with Gasteiger partial charge in [0, 0.05) is 5.75 Å². The van der Waals surface area contributed by atoms with Gasteiger partial charge in [-0.15, -0.1) is 0 Å². The van der Waals surface area contributed by atoms with Crippen LogP contribution in [0, 0.1) is 0 Å². The molecule has 0 fully saturated rings. The third-order valence-electron chi connectivity index (χ3n) is 2.22. The Hall–Kier alpha value is -1.75. The number of methoxy groups -OCH3 is 1. The smallest absolute Gasteiger partial charge is 0.241 e. The number of nitrogen functional groups attached to an aromatic ring is 1. The van der Waals surface area contributed by atoms with Crippen LogP contribution in [-0.2, 0) is 5.75 Å². The number of nitrogens with zero attached hydrogens (tertiary/aromatic N) is 2. The molecule has 5 heteroatoms. The molecule has 0 saturated carbocycles. The van der Waals surface area contributed by atoms with Crippen molar-refractivity contribution in [1.29, 1.82) is 0 Å². The van der Waals surface area contributed by atoms with E-state index in [4.69, 9.17) is 10.5 Å². The standard InChI is InChI=1S/C12H13N3OS/c1-16-11-10(13)12(15-8-14-11)17-7-9-5-3-2-4-6-9/h2-6,8H,7,13H2,1H3. The van der Waals surface area contributed by atoms with E-state index in [1.807, 2.05) is 18.2 Å². The van der Waals surface area contributed by atoms with Crippen LogP contribution in [0.2, 0.25) is 0 Å². The van der Waals surface area contributed by atoms with Gasteiger partial charge in [-0.05, 0) is 5.56 Å². The Morgan fingerprint density at radius 1 is 1.24 bits per heavy atom. The van der Waals surface area contributed by atoms with Crippen molar-refractivity contribution in [2.75, 3.05) is 12.8 Å². The lowest BCUT2D eigenvalue weighted by Crippen LogP contribution is -1.99. The van der Waals surface area contributed by atoms with E-state index in [-0.39, 0.29) is 0 Å². The van der Waals surface area contributed by atoms with E-state index < -0.39 is 0 Å². The highest BCUT2D eigenvalue weighted by molar-refractivity contribution is 7.98. The second kappa shape index (κ2) is 5.54. The van der Waals surface area contributed by atoms with Crippen molar-refractivity contribution in [3.63, 3.8) is 0 Å². The Morgan fingerprint density at radius 2 is 2.00 bits per heavy atom. The maximum atomic E-state index is 5.89. The van der Waals surface area contributed by atoms with E-state index in [0.717, 1.165) is 10.8 Å². The summed E-state index contributed by atoms with van der Waals surface area (Å²) in [5.74, 6) is 1.25. The van der Waals surface area contributed by atoms with Gasteiger partial charge in [-0.1, -0.05) is 42.1 Å². The lowest BCUT2D eigenvalue weighted by Gasteiger charge is -2.07. The molecule has 0 spiro atoms. The SMILES string of the molecule is COc1ncnc(SCc2ccccc2)c1N. The average molecular weight is 247 g/mol. The first-order valence-electron chi connectivity index (χ1n) is 5.12. The molecule has 17 heavy (non-hydrogen) atoms. The number of anilines is 1. The summed E-state index contributed by atoms with van der Waals surface area (Å²) >= 11 is 1.57. The molecule has 0 aliphatic heterocycles. The summed E-state index contributed by atoms with van der Waals surface area (Å²) in [5.41, 5.74) is 7.61. The molecule has 0 bridgehead atoms. The second-order valence-electron chi connectivity index (χ2n) is 3.38.